The molecule has 0 saturated carbocycles. The van der Waals surface area contributed by atoms with Crippen LogP contribution in [0, 0.1) is 11.8 Å². The molecule has 4 atom stereocenters. The van der Waals surface area contributed by atoms with E-state index in [1.54, 1.807) is 0 Å². The molecule has 2 aliphatic rings. The Morgan fingerprint density at radius 3 is 2.55 bits per heavy atom. The highest BCUT2D eigenvalue weighted by Gasteiger charge is 2.47. The highest BCUT2D eigenvalue weighted by molar-refractivity contribution is 5.96. The molecule has 0 aromatic heterocycles. The maximum absolute atomic E-state index is 12.1. The zero-order chi connectivity index (χ0) is 21.1. The van der Waals surface area contributed by atoms with Crippen LogP contribution in [0.25, 0.3) is 0 Å². The number of hydrogen-bond donors (Lipinski definition) is 3. The summed E-state index contributed by atoms with van der Waals surface area (Å²) in [4.78, 5) is 34.5. The quantitative estimate of drug-likeness (QED) is 0.233. The lowest BCUT2D eigenvalue weighted by atomic mass is 9.79. The molecule has 0 unspecified atom stereocenters. The number of carbonyl (C=O) groups is 3. The van der Waals surface area contributed by atoms with Gasteiger partial charge in [-0.15, -0.1) is 0 Å². The van der Waals surface area contributed by atoms with Crippen LogP contribution in [-0.2, 0) is 19.1 Å². The molecule has 29 heavy (non-hydrogen) atoms. The van der Waals surface area contributed by atoms with Crippen molar-refractivity contribution < 1.29 is 24.2 Å². The molecule has 2 saturated heterocycles. The van der Waals surface area contributed by atoms with Crippen LogP contribution < -0.4 is 10.6 Å². The lowest BCUT2D eigenvalue weighted by Crippen LogP contribution is -2.39. The molecular formula is C22H36N2O5. The third-order valence-corrected chi connectivity index (χ3v) is 5.81. The van der Waals surface area contributed by atoms with Crippen LogP contribution in [0.4, 0.5) is 0 Å². The highest BCUT2D eigenvalue weighted by Crippen LogP contribution is 2.43. The van der Waals surface area contributed by atoms with Gasteiger partial charge in [0.15, 0.2) is 0 Å². The summed E-state index contributed by atoms with van der Waals surface area (Å²) in [6, 6.07) is 0. The van der Waals surface area contributed by atoms with Crippen molar-refractivity contribution >= 4 is 17.8 Å². The summed E-state index contributed by atoms with van der Waals surface area (Å²) in [5.41, 5.74) is 0. The maximum Gasteiger partial charge on any atom is 0.303 e. The average Bonchev–Trinajstić information content (AvgIpc) is 3.28. The van der Waals surface area contributed by atoms with Gasteiger partial charge in [0.05, 0.1) is 12.2 Å². The fourth-order valence-corrected chi connectivity index (χ4v) is 4.24. The number of ether oxygens (including phenoxy) is 1. The van der Waals surface area contributed by atoms with Gasteiger partial charge in [0.25, 0.3) is 0 Å². The lowest BCUT2D eigenvalue weighted by molar-refractivity contribution is -0.137. The van der Waals surface area contributed by atoms with Gasteiger partial charge in [-0.25, -0.2) is 0 Å². The van der Waals surface area contributed by atoms with Crippen LogP contribution in [0.3, 0.4) is 0 Å². The Balaban J connectivity index is 1.70. The first-order valence-corrected chi connectivity index (χ1v) is 11.1. The SMILES string of the molecule is CCCCCNC(=O)CC(=O)NC[C@@H]1[C@H](/C=C/CCCCC(=O)O)[C@@H]2CC[C@H]1O2. The number of carbonyl (C=O) groups excluding carboxylic acids is 2. The maximum atomic E-state index is 12.1. The Morgan fingerprint density at radius 1 is 1.03 bits per heavy atom. The Labute approximate surface area is 173 Å². The summed E-state index contributed by atoms with van der Waals surface area (Å²) in [5.74, 6) is -0.698. The number of unbranched alkanes of at least 4 members (excludes halogenated alkanes) is 4. The van der Waals surface area contributed by atoms with Crippen molar-refractivity contribution in [3.63, 3.8) is 0 Å². The molecule has 0 aromatic carbocycles. The number of aliphatic carboxylic acids is 1. The molecule has 0 radical (unpaired) electrons. The number of fused-ring (bicyclic) bond motifs is 2. The normalized spacial score (nSPS) is 25.4. The summed E-state index contributed by atoms with van der Waals surface area (Å²) < 4.78 is 6.04. The average molecular weight is 409 g/mol. The molecule has 7 heteroatoms. The van der Waals surface area contributed by atoms with Gasteiger partial charge in [-0.2, -0.15) is 0 Å². The number of rotatable bonds is 14. The Hall–Kier alpha value is -1.89. The predicted octanol–water partition coefficient (Wildman–Crippen LogP) is 2.79. The third kappa shape index (κ3) is 8.17. The second-order valence-corrected chi connectivity index (χ2v) is 8.14. The summed E-state index contributed by atoms with van der Waals surface area (Å²) in [6.07, 6.45) is 12.4. The van der Waals surface area contributed by atoms with Crippen LogP contribution >= 0.6 is 0 Å². The van der Waals surface area contributed by atoms with Crippen molar-refractivity contribution in [3.8, 4) is 0 Å². The van der Waals surface area contributed by atoms with E-state index < -0.39 is 5.97 Å². The number of amides is 2. The monoisotopic (exact) mass is 408 g/mol. The molecule has 2 bridgehead atoms. The Bertz CT molecular complexity index is 578. The molecule has 2 rings (SSSR count). The standard InChI is InChI=1S/C22H36N2O5/c1-2-3-8-13-23-20(25)14-21(26)24-15-17-16(18-11-12-19(17)29-18)9-6-4-5-7-10-22(27)28/h6,9,16-19H,2-5,7-8,10-15H2,1H3,(H,23,25)(H,24,26)(H,27,28)/b9-6+/t16-,17+,18-,19+/m0/s1. The van der Waals surface area contributed by atoms with E-state index >= 15 is 0 Å². The minimum Gasteiger partial charge on any atom is -0.481 e. The smallest absolute Gasteiger partial charge is 0.303 e. The summed E-state index contributed by atoms with van der Waals surface area (Å²) >= 11 is 0. The number of carboxylic acid groups (broad SMARTS) is 1. The number of hydrogen-bond acceptors (Lipinski definition) is 4. The molecule has 2 heterocycles. The lowest BCUT2D eigenvalue weighted by Gasteiger charge is -2.26. The minimum atomic E-state index is -0.749. The second-order valence-electron chi connectivity index (χ2n) is 8.14. The van der Waals surface area contributed by atoms with Crippen molar-refractivity contribution in [2.24, 2.45) is 11.8 Å². The molecule has 2 aliphatic heterocycles. The summed E-state index contributed by atoms with van der Waals surface area (Å²) in [5, 5.41) is 14.4. The van der Waals surface area contributed by atoms with E-state index in [9.17, 15) is 14.4 Å². The van der Waals surface area contributed by atoms with Gasteiger partial charge in [0, 0.05) is 31.3 Å². The molecule has 0 aliphatic carbocycles. The topological polar surface area (TPSA) is 105 Å². The Morgan fingerprint density at radius 2 is 1.79 bits per heavy atom. The van der Waals surface area contributed by atoms with Gasteiger partial charge in [0.2, 0.25) is 11.8 Å². The van der Waals surface area contributed by atoms with E-state index in [0.29, 0.717) is 19.5 Å². The summed E-state index contributed by atoms with van der Waals surface area (Å²) in [7, 11) is 0. The molecule has 164 valence electrons. The van der Waals surface area contributed by atoms with Crippen molar-refractivity contribution in [2.75, 3.05) is 13.1 Å². The van der Waals surface area contributed by atoms with Gasteiger partial charge in [-0.1, -0.05) is 31.9 Å². The van der Waals surface area contributed by atoms with Gasteiger partial charge >= 0.3 is 5.97 Å². The van der Waals surface area contributed by atoms with E-state index in [-0.39, 0.29) is 48.7 Å². The van der Waals surface area contributed by atoms with Gasteiger partial charge < -0.3 is 20.5 Å². The zero-order valence-electron chi connectivity index (χ0n) is 17.5. The first-order chi connectivity index (χ1) is 14.0. The summed E-state index contributed by atoms with van der Waals surface area (Å²) in [6.45, 7) is 3.26. The van der Waals surface area contributed by atoms with Crippen LogP contribution in [0.2, 0.25) is 0 Å². The van der Waals surface area contributed by atoms with Crippen molar-refractivity contribution in [3.05, 3.63) is 12.2 Å². The molecule has 3 N–H and O–H groups in total. The van der Waals surface area contributed by atoms with Crippen LogP contribution in [0.5, 0.6) is 0 Å². The number of nitrogens with one attached hydrogen (secondary N) is 2. The predicted molar refractivity (Wildman–Crippen MR) is 110 cm³/mol. The largest absolute Gasteiger partial charge is 0.481 e. The molecule has 2 amide bonds. The third-order valence-electron chi connectivity index (χ3n) is 5.81. The fourth-order valence-electron chi connectivity index (χ4n) is 4.24. The highest BCUT2D eigenvalue weighted by atomic mass is 16.5. The molecule has 7 nitrogen and oxygen atoms in total. The molecule has 0 aromatic rings. The fraction of sp³-hybridized carbons (Fsp3) is 0.773. The van der Waals surface area contributed by atoms with E-state index in [1.165, 1.54) is 0 Å². The number of allylic oxidation sites excluding steroid dienone is 1. The molecular weight excluding hydrogens is 372 g/mol. The van der Waals surface area contributed by atoms with Crippen LogP contribution in [0.1, 0.15) is 71.1 Å². The van der Waals surface area contributed by atoms with Crippen LogP contribution in [0.15, 0.2) is 12.2 Å². The van der Waals surface area contributed by atoms with Crippen LogP contribution in [-0.4, -0.2) is 48.2 Å². The van der Waals surface area contributed by atoms with Crippen molar-refractivity contribution in [1.29, 1.82) is 0 Å². The Kier molecular flexibility index (Phi) is 10.2. The second kappa shape index (κ2) is 12.6. The minimum absolute atomic E-state index is 0.127. The number of carboxylic acids is 1. The van der Waals surface area contributed by atoms with E-state index in [1.807, 2.05) is 0 Å². The van der Waals surface area contributed by atoms with Gasteiger partial charge in [-0.05, 0) is 38.5 Å². The van der Waals surface area contributed by atoms with Gasteiger partial charge in [-0.3, -0.25) is 14.4 Å². The van der Waals surface area contributed by atoms with Crippen molar-refractivity contribution in [1.82, 2.24) is 10.6 Å². The first-order valence-electron chi connectivity index (χ1n) is 11.1. The molecule has 2 fully saturated rings. The first kappa shape index (κ1) is 23.4. The van der Waals surface area contributed by atoms with Crippen molar-refractivity contribution in [2.45, 2.75) is 83.3 Å². The van der Waals surface area contributed by atoms with E-state index in [0.717, 1.165) is 44.9 Å². The zero-order valence-corrected chi connectivity index (χ0v) is 17.5. The van der Waals surface area contributed by atoms with E-state index in [2.05, 4.69) is 29.7 Å². The van der Waals surface area contributed by atoms with Gasteiger partial charge in [0.1, 0.15) is 6.42 Å². The molecule has 0 spiro atoms. The van der Waals surface area contributed by atoms with E-state index in [4.69, 9.17) is 9.84 Å².